The molecule has 0 heterocycles. The molecule has 0 amide bonds. The van der Waals surface area contributed by atoms with Crippen molar-refractivity contribution >= 4 is 23.1 Å². The normalized spacial score (nSPS) is 23.9. The molecular formula is C35H29N3O8. The number of nitrogens with zero attached hydrogens (tertiary/aromatic N) is 3. The smallest absolute Gasteiger partial charge is 0.327 e. The van der Waals surface area contributed by atoms with Gasteiger partial charge in [-0.2, -0.15) is 5.26 Å². The molecular weight excluding hydrogens is 590 g/mol. The average molecular weight is 620 g/mol. The molecule has 0 unspecified atom stereocenters. The molecule has 1 aliphatic carbocycles. The molecule has 46 heavy (non-hydrogen) atoms. The van der Waals surface area contributed by atoms with E-state index in [2.05, 4.69) is 6.07 Å². The minimum absolute atomic E-state index is 0.0718. The second kappa shape index (κ2) is 12.7. The Balaban J connectivity index is 1.93. The number of ether oxygens (including phenoxy) is 1. The first-order valence-corrected chi connectivity index (χ1v) is 14.5. The number of Topliss-reactive ketones (excluding diaryl/α,β-unsaturated/α-hetero) is 1. The van der Waals surface area contributed by atoms with Gasteiger partial charge in [0.2, 0.25) is 0 Å². The van der Waals surface area contributed by atoms with Gasteiger partial charge in [-0.05, 0) is 30.0 Å². The molecule has 1 saturated carbocycles. The Morgan fingerprint density at radius 1 is 0.870 bits per heavy atom. The summed E-state index contributed by atoms with van der Waals surface area (Å²) in [6.07, 6.45) is -0.390. The molecule has 0 saturated heterocycles. The summed E-state index contributed by atoms with van der Waals surface area (Å²) in [5.74, 6) is -5.97. The number of aliphatic hydroxyl groups is 1. The van der Waals surface area contributed by atoms with Crippen LogP contribution in [-0.4, -0.2) is 33.3 Å². The third-order valence-electron chi connectivity index (χ3n) is 8.74. The van der Waals surface area contributed by atoms with Gasteiger partial charge in [0, 0.05) is 41.7 Å². The third kappa shape index (κ3) is 5.39. The van der Waals surface area contributed by atoms with E-state index in [0.717, 1.165) is 0 Å². The van der Waals surface area contributed by atoms with E-state index in [1.54, 1.807) is 67.6 Å². The first kappa shape index (κ1) is 31.7. The number of nitriles is 1. The zero-order chi connectivity index (χ0) is 33.1. The number of ketones is 1. The molecule has 11 nitrogen and oxygen atoms in total. The van der Waals surface area contributed by atoms with E-state index in [0.29, 0.717) is 5.56 Å². The lowest BCUT2D eigenvalue weighted by molar-refractivity contribution is -0.385. The Morgan fingerprint density at radius 2 is 1.41 bits per heavy atom. The topological polar surface area (TPSA) is 174 Å². The van der Waals surface area contributed by atoms with Crippen LogP contribution in [0.15, 0.2) is 109 Å². The molecule has 4 aromatic rings. The van der Waals surface area contributed by atoms with Crippen LogP contribution in [0.25, 0.3) is 0 Å². The van der Waals surface area contributed by atoms with Crippen LogP contribution in [-0.2, 0) is 15.1 Å². The number of hydrogen-bond donors (Lipinski definition) is 1. The van der Waals surface area contributed by atoms with E-state index in [4.69, 9.17) is 4.74 Å². The Labute approximate surface area is 264 Å². The number of hydrogen-bond acceptors (Lipinski definition) is 9. The van der Waals surface area contributed by atoms with E-state index < -0.39 is 50.4 Å². The van der Waals surface area contributed by atoms with Crippen molar-refractivity contribution in [1.82, 2.24) is 0 Å². The molecule has 232 valence electrons. The largest absolute Gasteiger partial charge is 0.465 e. The monoisotopic (exact) mass is 619 g/mol. The number of carbonyl (C=O) groups is 2. The number of carbonyl (C=O) groups excluding carboxylic acids is 2. The van der Waals surface area contributed by atoms with Gasteiger partial charge in [-0.3, -0.25) is 29.8 Å². The average Bonchev–Trinajstić information content (AvgIpc) is 3.08. The van der Waals surface area contributed by atoms with Gasteiger partial charge < -0.3 is 9.84 Å². The van der Waals surface area contributed by atoms with Crippen molar-refractivity contribution in [2.45, 2.75) is 30.8 Å². The number of nitro benzene ring substituents is 2. The maximum Gasteiger partial charge on any atom is 0.327 e. The van der Waals surface area contributed by atoms with Crippen molar-refractivity contribution < 1.29 is 29.3 Å². The van der Waals surface area contributed by atoms with Crippen molar-refractivity contribution in [2.24, 2.45) is 11.3 Å². The molecule has 0 aromatic heterocycles. The van der Waals surface area contributed by atoms with E-state index >= 15 is 0 Å². The quantitative estimate of drug-likeness (QED) is 0.0985. The Hall–Kier alpha value is -5.73. The number of esters is 1. The summed E-state index contributed by atoms with van der Waals surface area (Å²) < 4.78 is 5.52. The minimum Gasteiger partial charge on any atom is -0.465 e. The molecule has 0 aliphatic heterocycles. The van der Waals surface area contributed by atoms with E-state index in [1.165, 1.54) is 48.5 Å². The summed E-state index contributed by atoms with van der Waals surface area (Å²) in [5.41, 5.74) is -4.30. The molecule has 1 aliphatic rings. The van der Waals surface area contributed by atoms with E-state index in [9.17, 15) is 40.2 Å². The Kier molecular flexibility index (Phi) is 8.76. The van der Waals surface area contributed by atoms with E-state index in [-0.39, 0.29) is 41.1 Å². The van der Waals surface area contributed by atoms with Crippen LogP contribution in [0, 0.1) is 42.9 Å². The van der Waals surface area contributed by atoms with Crippen LogP contribution in [0.5, 0.6) is 0 Å². The summed E-state index contributed by atoms with van der Waals surface area (Å²) in [6, 6.07) is 29.2. The predicted molar refractivity (Wildman–Crippen MR) is 166 cm³/mol. The Bertz CT molecular complexity index is 1840. The highest BCUT2D eigenvalue weighted by Gasteiger charge is 2.68. The summed E-state index contributed by atoms with van der Waals surface area (Å²) in [5, 5.41) is 47.9. The van der Waals surface area contributed by atoms with Gasteiger partial charge in [0.05, 0.1) is 28.4 Å². The van der Waals surface area contributed by atoms with Gasteiger partial charge in [-0.1, -0.05) is 84.9 Å². The molecule has 1 N–H and O–H groups in total. The van der Waals surface area contributed by atoms with Gasteiger partial charge in [0.15, 0.2) is 11.2 Å². The standard InChI is InChI=1S/C35H29N3O8/c1-2-46-33(40)34(22-36)29(24-13-9-17-27(19-24)37(42)43)21-35(41,26-15-7-4-8-16-26)31(32(39)23-11-5-3-6-12-23)30(34)25-14-10-18-28(20-25)38(44)45/h3-20,29-31,41H,2,21H2,1H3/t29-,30+,31+,34+,35-/m0/s1. The zero-order valence-electron chi connectivity index (χ0n) is 24.7. The van der Waals surface area contributed by atoms with Crippen LogP contribution < -0.4 is 0 Å². The lowest BCUT2D eigenvalue weighted by atomic mass is 9.47. The van der Waals surface area contributed by atoms with Gasteiger partial charge in [0.25, 0.3) is 11.4 Å². The lowest BCUT2D eigenvalue weighted by Crippen LogP contribution is -2.59. The number of non-ortho nitro benzene ring substituents is 2. The summed E-state index contributed by atoms with van der Waals surface area (Å²) in [6.45, 7) is 1.40. The number of benzene rings is 4. The fourth-order valence-corrected chi connectivity index (χ4v) is 6.76. The van der Waals surface area contributed by atoms with Gasteiger partial charge in [-0.15, -0.1) is 0 Å². The number of nitro groups is 2. The maximum atomic E-state index is 14.7. The molecule has 0 radical (unpaired) electrons. The SMILES string of the molecule is CCOC(=O)[C@@]1(C#N)[C@H](c2cccc([N+](=O)[O-])c2)[C@H](C(=O)c2ccccc2)[C@@](O)(c2ccccc2)C[C@H]1c1cccc([N+](=O)[O-])c1. The van der Waals surface area contributed by atoms with Crippen LogP contribution in [0.3, 0.4) is 0 Å². The van der Waals surface area contributed by atoms with Crippen molar-refractivity contribution in [1.29, 1.82) is 5.26 Å². The van der Waals surface area contributed by atoms with Crippen molar-refractivity contribution in [2.75, 3.05) is 6.61 Å². The molecule has 0 spiro atoms. The first-order valence-electron chi connectivity index (χ1n) is 14.5. The third-order valence-corrected chi connectivity index (χ3v) is 8.74. The fraction of sp³-hybridized carbons (Fsp3) is 0.229. The maximum absolute atomic E-state index is 14.7. The van der Waals surface area contributed by atoms with Crippen molar-refractivity contribution in [3.8, 4) is 6.07 Å². The molecule has 5 atom stereocenters. The number of rotatable bonds is 9. The second-order valence-electron chi connectivity index (χ2n) is 11.1. The summed E-state index contributed by atoms with van der Waals surface area (Å²) >= 11 is 0. The summed E-state index contributed by atoms with van der Waals surface area (Å²) in [4.78, 5) is 51.5. The highest BCUT2D eigenvalue weighted by molar-refractivity contribution is 6.00. The van der Waals surface area contributed by atoms with Crippen molar-refractivity contribution in [3.63, 3.8) is 0 Å². The molecule has 0 bridgehead atoms. The zero-order valence-corrected chi connectivity index (χ0v) is 24.7. The predicted octanol–water partition coefficient (Wildman–Crippen LogP) is 6.23. The van der Waals surface area contributed by atoms with Crippen LogP contribution >= 0.6 is 0 Å². The lowest BCUT2D eigenvalue weighted by Gasteiger charge is -2.54. The molecule has 4 aromatic carbocycles. The summed E-state index contributed by atoms with van der Waals surface area (Å²) in [7, 11) is 0. The van der Waals surface area contributed by atoms with Crippen LogP contribution in [0.1, 0.15) is 52.2 Å². The van der Waals surface area contributed by atoms with Gasteiger partial charge >= 0.3 is 5.97 Å². The molecule has 5 rings (SSSR count). The van der Waals surface area contributed by atoms with E-state index in [1.807, 2.05) is 0 Å². The minimum atomic E-state index is -2.28. The van der Waals surface area contributed by atoms with Crippen molar-refractivity contribution in [3.05, 3.63) is 152 Å². The highest BCUT2D eigenvalue weighted by atomic mass is 16.6. The van der Waals surface area contributed by atoms with Gasteiger partial charge in [-0.25, -0.2) is 0 Å². The molecule has 11 heteroatoms. The fourth-order valence-electron chi connectivity index (χ4n) is 6.76. The second-order valence-corrected chi connectivity index (χ2v) is 11.1. The Morgan fingerprint density at radius 3 is 1.96 bits per heavy atom. The molecule has 1 fully saturated rings. The highest BCUT2D eigenvalue weighted by Crippen LogP contribution is 2.64. The van der Waals surface area contributed by atoms with Crippen LogP contribution in [0.2, 0.25) is 0 Å². The van der Waals surface area contributed by atoms with Gasteiger partial charge in [0.1, 0.15) is 5.60 Å². The first-order chi connectivity index (χ1) is 22.1. The van der Waals surface area contributed by atoms with Crippen LogP contribution in [0.4, 0.5) is 11.4 Å².